The normalized spacial score (nSPS) is 27.4. The van der Waals surface area contributed by atoms with Gasteiger partial charge >= 0.3 is 6.03 Å². The number of piperazine rings is 1. The van der Waals surface area contributed by atoms with Crippen LogP contribution in [0.25, 0.3) is 0 Å². The van der Waals surface area contributed by atoms with E-state index in [1.54, 1.807) is 0 Å². The monoisotopic (exact) mass is 300 g/mol. The number of hydrogen-bond donors (Lipinski definition) is 2. The van der Waals surface area contributed by atoms with Gasteiger partial charge in [0.25, 0.3) is 0 Å². The SMILES string of the molecule is CN1CCN(CCNC(=O)NC2CCSC2)CC1(C)C. The molecular weight excluding hydrogens is 272 g/mol. The lowest BCUT2D eigenvalue weighted by molar-refractivity contribution is 0.0410. The quantitative estimate of drug-likeness (QED) is 0.807. The predicted molar refractivity (Wildman–Crippen MR) is 85.4 cm³/mol. The average molecular weight is 300 g/mol. The van der Waals surface area contributed by atoms with E-state index in [9.17, 15) is 4.79 Å². The van der Waals surface area contributed by atoms with Crippen molar-refractivity contribution in [2.45, 2.75) is 31.8 Å². The summed E-state index contributed by atoms with van der Waals surface area (Å²) in [7, 11) is 2.18. The summed E-state index contributed by atoms with van der Waals surface area (Å²) >= 11 is 1.92. The lowest BCUT2D eigenvalue weighted by Gasteiger charge is -2.45. The van der Waals surface area contributed by atoms with Gasteiger partial charge in [0, 0.05) is 50.1 Å². The van der Waals surface area contributed by atoms with Crippen LogP contribution in [0.4, 0.5) is 4.79 Å². The summed E-state index contributed by atoms with van der Waals surface area (Å²) in [5.41, 5.74) is 0.224. The molecule has 2 saturated heterocycles. The van der Waals surface area contributed by atoms with Crippen LogP contribution in [0.5, 0.6) is 0 Å². The fourth-order valence-corrected chi connectivity index (χ4v) is 3.90. The van der Waals surface area contributed by atoms with Crippen LogP contribution in [0.1, 0.15) is 20.3 Å². The summed E-state index contributed by atoms with van der Waals surface area (Å²) in [6.45, 7) is 9.46. The van der Waals surface area contributed by atoms with Crippen LogP contribution in [-0.2, 0) is 0 Å². The van der Waals surface area contributed by atoms with Gasteiger partial charge < -0.3 is 10.6 Å². The van der Waals surface area contributed by atoms with Gasteiger partial charge in [-0.15, -0.1) is 0 Å². The smallest absolute Gasteiger partial charge is 0.315 e. The highest BCUT2D eigenvalue weighted by Gasteiger charge is 2.30. The Morgan fingerprint density at radius 1 is 1.40 bits per heavy atom. The number of nitrogens with zero attached hydrogens (tertiary/aromatic N) is 2. The first kappa shape index (κ1) is 15.9. The lowest BCUT2D eigenvalue weighted by atomic mass is 10.00. The van der Waals surface area contributed by atoms with Gasteiger partial charge in [0.15, 0.2) is 0 Å². The first-order valence-electron chi connectivity index (χ1n) is 7.53. The number of amides is 2. The van der Waals surface area contributed by atoms with Gasteiger partial charge in [0.05, 0.1) is 0 Å². The molecule has 0 aliphatic carbocycles. The minimum atomic E-state index is -0.00844. The van der Waals surface area contributed by atoms with Crippen molar-refractivity contribution in [1.82, 2.24) is 20.4 Å². The zero-order chi connectivity index (χ0) is 14.6. The average Bonchev–Trinajstić information content (AvgIpc) is 2.86. The second kappa shape index (κ2) is 7.00. The number of hydrogen-bond acceptors (Lipinski definition) is 4. The molecule has 2 aliphatic heterocycles. The van der Waals surface area contributed by atoms with Crippen LogP contribution in [0, 0.1) is 0 Å². The number of likely N-dealkylation sites (N-methyl/N-ethyl adjacent to an activating group) is 1. The number of carbonyl (C=O) groups excluding carboxylic acids is 1. The molecule has 0 aromatic heterocycles. The second-order valence-corrected chi connectivity index (χ2v) is 7.62. The van der Waals surface area contributed by atoms with Gasteiger partial charge in [0.2, 0.25) is 0 Å². The predicted octanol–water partition coefficient (Wildman–Crippen LogP) is 0.817. The third kappa shape index (κ3) is 4.53. The van der Waals surface area contributed by atoms with Gasteiger partial charge in [0.1, 0.15) is 0 Å². The molecule has 2 rings (SSSR count). The van der Waals surface area contributed by atoms with Crippen LogP contribution >= 0.6 is 11.8 Å². The number of thioether (sulfide) groups is 1. The first-order chi connectivity index (χ1) is 9.47. The molecule has 0 aromatic carbocycles. The number of rotatable bonds is 4. The molecule has 2 N–H and O–H groups in total. The first-order valence-corrected chi connectivity index (χ1v) is 8.68. The van der Waals surface area contributed by atoms with E-state index in [4.69, 9.17) is 0 Å². The molecule has 2 heterocycles. The van der Waals surface area contributed by atoms with Crippen molar-refractivity contribution in [3.63, 3.8) is 0 Å². The van der Waals surface area contributed by atoms with E-state index in [1.165, 1.54) is 5.75 Å². The lowest BCUT2D eigenvalue weighted by Crippen LogP contribution is -2.58. The molecular formula is C14H28N4OS. The fraction of sp³-hybridized carbons (Fsp3) is 0.929. The van der Waals surface area contributed by atoms with Crippen molar-refractivity contribution in [1.29, 1.82) is 0 Å². The minimum absolute atomic E-state index is 0.00844. The molecule has 1 unspecified atom stereocenters. The third-order valence-electron chi connectivity index (χ3n) is 4.37. The Bertz CT molecular complexity index is 331. The molecule has 5 nitrogen and oxygen atoms in total. The van der Waals surface area contributed by atoms with Gasteiger partial charge in [-0.2, -0.15) is 11.8 Å². The summed E-state index contributed by atoms with van der Waals surface area (Å²) in [4.78, 5) is 16.6. The maximum absolute atomic E-state index is 11.8. The number of nitrogens with one attached hydrogen (secondary N) is 2. The van der Waals surface area contributed by atoms with Crippen molar-refractivity contribution >= 4 is 17.8 Å². The number of urea groups is 1. The summed E-state index contributed by atoms with van der Waals surface area (Å²) in [5.74, 6) is 2.22. The van der Waals surface area contributed by atoms with E-state index in [2.05, 4.69) is 41.3 Å². The molecule has 0 radical (unpaired) electrons. The van der Waals surface area contributed by atoms with Crippen LogP contribution in [0.3, 0.4) is 0 Å². The van der Waals surface area contributed by atoms with Gasteiger partial charge in [-0.1, -0.05) is 0 Å². The number of carbonyl (C=O) groups is 1. The Morgan fingerprint density at radius 3 is 2.85 bits per heavy atom. The standard InChI is InChI=1S/C14H28N4OS/c1-14(2)11-18(8-7-17(14)3)6-5-15-13(19)16-12-4-9-20-10-12/h12H,4-11H2,1-3H3,(H2,15,16,19). The Balaban J connectivity index is 1.62. The van der Waals surface area contributed by atoms with Crippen LogP contribution in [-0.4, -0.2) is 78.7 Å². The van der Waals surface area contributed by atoms with Crippen molar-refractivity contribution < 1.29 is 4.79 Å². The van der Waals surface area contributed by atoms with Crippen LogP contribution < -0.4 is 10.6 Å². The summed E-state index contributed by atoms with van der Waals surface area (Å²) in [6.07, 6.45) is 1.10. The molecule has 2 aliphatic rings. The van der Waals surface area contributed by atoms with E-state index in [1.807, 2.05) is 11.8 Å². The highest BCUT2D eigenvalue weighted by atomic mass is 32.2. The summed E-state index contributed by atoms with van der Waals surface area (Å²) < 4.78 is 0. The molecule has 2 amide bonds. The third-order valence-corrected chi connectivity index (χ3v) is 5.54. The Labute approximate surface area is 126 Å². The second-order valence-electron chi connectivity index (χ2n) is 6.47. The van der Waals surface area contributed by atoms with Crippen LogP contribution in [0.2, 0.25) is 0 Å². The molecule has 0 aromatic rings. The zero-order valence-corrected chi connectivity index (χ0v) is 13.8. The van der Waals surface area contributed by atoms with Crippen molar-refractivity contribution in [3.8, 4) is 0 Å². The van der Waals surface area contributed by atoms with E-state index in [0.717, 1.165) is 44.9 Å². The van der Waals surface area contributed by atoms with Crippen molar-refractivity contribution in [3.05, 3.63) is 0 Å². The Hall–Kier alpha value is -0.460. The highest BCUT2D eigenvalue weighted by Crippen LogP contribution is 2.18. The molecule has 20 heavy (non-hydrogen) atoms. The molecule has 0 spiro atoms. The van der Waals surface area contributed by atoms with Crippen molar-refractivity contribution in [2.75, 3.05) is 51.3 Å². The molecule has 0 saturated carbocycles. The van der Waals surface area contributed by atoms with E-state index in [0.29, 0.717) is 6.04 Å². The Kier molecular flexibility index (Phi) is 5.57. The summed E-state index contributed by atoms with van der Waals surface area (Å²) in [5, 5.41) is 6.02. The zero-order valence-electron chi connectivity index (χ0n) is 12.9. The minimum Gasteiger partial charge on any atom is -0.337 e. The molecule has 2 fully saturated rings. The molecule has 6 heteroatoms. The van der Waals surface area contributed by atoms with E-state index >= 15 is 0 Å². The van der Waals surface area contributed by atoms with Crippen molar-refractivity contribution in [2.24, 2.45) is 0 Å². The topological polar surface area (TPSA) is 47.6 Å². The van der Waals surface area contributed by atoms with Gasteiger partial charge in [-0.05, 0) is 33.1 Å². The van der Waals surface area contributed by atoms with Crippen LogP contribution in [0.15, 0.2) is 0 Å². The van der Waals surface area contributed by atoms with E-state index < -0.39 is 0 Å². The molecule has 0 bridgehead atoms. The largest absolute Gasteiger partial charge is 0.337 e. The fourth-order valence-electron chi connectivity index (χ4n) is 2.74. The molecule has 116 valence electrons. The maximum Gasteiger partial charge on any atom is 0.315 e. The van der Waals surface area contributed by atoms with E-state index in [-0.39, 0.29) is 11.6 Å². The summed E-state index contributed by atoms with van der Waals surface area (Å²) in [6, 6.07) is 0.355. The maximum atomic E-state index is 11.8. The highest BCUT2D eigenvalue weighted by molar-refractivity contribution is 7.99. The molecule has 1 atom stereocenters. The Morgan fingerprint density at radius 2 is 2.20 bits per heavy atom. The van der Waals surface area contributed by atoms with Gasteiger partial charge in [-0.3, -0.25) is 9.80 Å². The van der Waals surface area contributed by atoms with Gasteiger partial charge in [-0.25, -0.2) is 4.79 Å².